The molecule has 0 spiro atoms. The number of halogens is 1. The number of amides is 2. The summed E-state index contributed by atoms with van der Waals surface area (Å²) in [5.41, 5.74) is 1.98. The van der Waals surface area contributed by atoms with Gasteiger partial charge in [-0.2, -0.15) is 0 Å². The highest BCUT2D eigenvalue weighted by Crippen LogP contribution is 2.38. The van der Waals surface area contributed by atoms with E-state index in [1.165, 1.54) is 18.6 Å². The van der Waals surface area contributed by atoms with Crippen LogP contribution in [0.3, 0.4) is 0 Å². The van der Waals surface area contributed by atoms with Gasteiger partial charge in [0.15, 0.2) is 0 Å². The van der Waals surface area contributed by atoms with E-state index < -0.39 is 0 Å². The number of likely N-dealkylation sites (tertiary alicyclic amines) is 1. The fourth-order valence-corrected chi connectivity index (χ4v) is 5.25. The van der Waals surface area contributed by atoms with Crippen molar-refractivity contribution in [3.63, 3.8) is 0 Å². The molecule has 3 aromatic rings. The number of carbonyl (C=O) groups excluding carboxylic acids is 1. The van der Waals surface area contributed by atoms with Gasteiger partial charge in [-0.05, 0) is 37.0 Å². The first-order valence-corrected chi connectivity index (χ1v) is 11.4. The van der Waals surface area contributed by atoms with E-state index >= 15 is 0 Å². The number of carbonyl (C=O) groups is 1. The molecule has 2 aromatic heterocycles. The predicted molar refractivity (Wildman–Crippen MR) is 117 cm³/mol. The van der Waals surface area contributed by atoms with Crippen molar-refractivity contribution in [2.75, 3.05) is 44.2 Å². The first-order chi connectivity index (χ1) is 14.7. The summed E-state index contributed by atoms with van der Waals surface area (Å²) in [7, 11) is 0. The van der Waals surface area contributed by atoms with Crippen LogP contribution in [-0.4, -0.2) is 65.1 Å². The van der Waals surface area contributed by atoms with E-state index in [0.29, 0.717) is 13.1 Å². The van der Waals surface area contributed by atoms with Gasteiger partial charge >= 0.3 is 6.03 Å². The number of hydrogen-bond donors (Lipinski definition) is 0. The summed E-state index contributed by atoms with van der Waals surface area (Å²) in [6, 6.07) is 6.72. The fourth-order valence-electron chi connectivity index (χ4n) is 4.34. The van der Waals surface area contributed by atoms with E-state index in [0.717, 1.165) is 66.2 Å². The van der Waals surface area contributed by atoms with Gasteiger partial charge in [-0.1, -0.05) is 12.1 Å². The zero-order chi connectivity index (χ0) is 20.5. The van der Waals surface area contributed by atoms with E-state index in [4.69, 9.17) is 0 Å². The summed E-state index contributed by atoms with van der Waals surface area (Å²) in [5.74, 6) is 0.648. The van der Waals surface area contributed by atoms with Crippen LogP contribution >= 0.6 is 11.3 Å². The lowest BCUT2D eigenvalue weighted by molar-refractivity contribution is 0.141. The predicted octanol–water partition coefficient (Wildman–Crippen LogP) is 4.23. The number of hydrogen-bond acceptors (Lipinski definition) is 5. The Morgan fingerprint density at radius 1 is 0.900 bits per heavy atom. The van der Waals surface area contributed by atoms with Crippen LogP contribution in [0.5, 0.6) is 0 Å². The van der Waals surface area contributed by atoms with E-state index in [2.05, 4.69) is 20.2 Å². The first kappa shape index (κ1) is 19.2. The highest BCUT2D eigenvalue weighted by molar-refractivity contribution is 7.17. The Morgan fingerprint density at radius 2 is 1.60 bits per heavy atom. The molecule has 30 heavy (non-hydrogen) atoms. The zero-order valence-electron chi connectivity index (χ0n) is 16.8. The van der Waals surface area contributed by atoms with Gasteiger partial charge < -0.3 is 14.7 Å². The molecule has 0 saturated carbocycles. The molecular weight excluding hydrogens is 401 g/mol. The minimum atomic E-state index is -0.246. The van der Waals surface area contributed by atoms with Crippen molar-refractivity contribution in [1.29, 1.82) is 0 Å². The van der Waals surface area contributed by atoms with Crippen LogP contribution in [0.2, 0.25) is 0 Å². The largest absolute Gasteiger partial charge is 0.352 e. The maximum atomic E-state index is 13.4. The van der Waals surface area contributed by atoms with Gasteiger partial charge in [0, 0.05) is 50.2 Å². The number of thiophene rings is 1. The third kappa shape index (κ3) is 3.60. The van der Waals surface area contributed by atoms with Crippen LogP contribution in [0.25, 0.3) is 21.3 Å². The highest BCUT2D eigenvalue weighted by Gasteiger charge is 2.28. The number of urea groups is 1. The van der Waals surface area contributed by atoms with Crippen LogP contribution in [0.15, 0.2) is 36.0 Å². The zero-order valence-corrected chi connectivity index (χ0v) is 17.6. The summed E-state index contributed by atoms with van der Waals surface area (Å²) in [6.07, 6.45) is 5.04. The summed E-state index contributed by atoms with van der Waals surface area (Å²) in [4.78, 5) is 29.0. The maximum Gasteiger partial charge on any atom is 0.320 e. The SMILES string of the molecule is O=C(N1CCCCC1)N1CCN(c2ncnc3scc(-c4ccc(F)cc4)c23)CC1. The van der Waals surface area contributed by atoms with Crippen molar-refractivity contribution in [3.05, 3.63) is 41.8 Å². The molecule has 0 radical (unpaired) electrons. The molecule has 0 bridgehead atoms. The summed E-state index contributed by atoms with van der Waals surface area (Å²) >= 11 is 1.57. The summed E-state index contributed by atoms with van der Waals surface area (Å²) in [5, 5.41) is 3.07. The molecule has 2 aliphatic rings. The molecule has 156 valence electrons. The summed E-state index contributed by atoms with van der Waals surface area (Å²) < 4.78 is 13.4. The van der Waals surface area contributed by atoms with Crippen molar-refractivity contribution in [3.8, 4) is 11.1 Å². The van der Waals surface area contributed by atoms with Gasteiger partial charge in [0.2, 0.25) is 0 Å². The lowest BCUT2D eigenvalue weighted by Crippen LogP contribution is -2.53. The normalized spacial score (nSPS) is 17.6. The molecule has 0 N–H and O–H groups in total. The van der Waals surface area contributed by atoms with Crippen molar-refractivity contribution in [2.45, 2.75) is 19.3 Å². The number of anilines is 1. The van der Waals surface area contributed by atoms with E-state index in [1.807, 2.05) is 9.80 Å². The first-order valence-electron chi connectivity index (χ1n) is 10.5. The number of benzene rings is 1. The lowest BCUT2D eigenvalue weighted by Gasteiger charge is -2.39. The number of rotatable bonds is 2. The Hall–Kier alpha value is -2.74. The molecule has 6 nitrogen and oxygen atoms in total. The van der Waals surface area contributed by atoms with Crippen molar-refractivity contribution >= 4 is 33.4 Å². The van der Waals surface area contributed by atoms with Crippen molar-refractivity contribution < 1.29 is 9.18 Å². The van der Waals surface area contributed by atoms with Gasteiger partial charge in [0.1, 0.15) is 22.8 Å². The van der Waals surface area contributed by atoms with E-state index in [-0.39, 0.29) is 11.8 Å². The monoisotopic (exact) mass is 425 g/mol. The third-order valence-electron chi connectivity index (χ3n) is 5.98. The van der Waals surface area contributed by atoms with Crippen molar-refractivity contribution in [2.24, 2.45) is 0 Å². The molecule has 5 rings (SSSR count). The van der Waals surface area contributed by atoms with Gasteiger partial charge in [0.05, 0.1) is 5.39 Å². The van der Waals surface area contributed by atoms with Gasteiger partial charge in [-0.25, -0.2) is 19.2 Å². The van der Waals surface area contributed by atoms with Crippen LogP contribution < -0.4 is 4.90 Å². The number of aromatic nitrogens is 2. The Balaban J connectivity index is 1.37. The smallest absolute Gasteiger partial charge is 0.320 e. The average molecular weight is 426 g/mol. The molecule has 1 aromatic carbocycles. The number of fused-ring (bicyclic) bond motifs is 1. The molecule has 2 fully saturated rings. The quantitative estimate of drug-likeness (QED) is 0.617. The number of piperazine rings is 1. The second-order valence-corrected chi connectivity index (χ2v) is 8.70. The molecule has 0 atom stereocenters. The molecular formula is C22H24FN5OS. The molecule has 0 unspecified atom stereocenters. The second kappa shape index (κ2) is 8.18. The maximum absolute atomic E-state index is 13.4. The molecule has 2 aliphatic heterocycles. The summed E-state index contributed by atoms with van der Waals surface area (Å²) in [6.45, 7) is 4.62. The molecule has 2 saturated heterocycles. The standard InChI is InChI=1S/C22H24FN5OS/c23-17-6-4-16(5-7-17)18-14-30-21-19(18)20(24-15-25-21)26-10-12-28(13-11-26)22(29)27-8-2-1-3-9-27/h4-7,14-15H,1-3,8-13H2. The topological polar surface area (TPSA) is 52.6 Å². The second-order valence-electron chi connectivity index (χ2n) is 7.84. The van der Waals surface area contributed by atoms with Gasteiger partial charge in [-0.3, -0.25) is 0 Å². The minimum Gasteiger partial charge on any atom is -0.352 e. The van der Waals surface area contributed by atoms with Crippen LogP contribution in [0, 0.1) is 5.82 Å². The van der Waals surface area contributed by atoms with Gasteiger partial charge in [-0.15, -0.1) is 11.3 Å². The minimum absolute atomic E-state index is 0.171. The van der Waals surface area contributed by atoms with Crippen LogP contribution in [0.4, 0.5) is 15.0 Å². The van der Waals surface area contributed by atoms with Crippen LogP contribution in [-0.2, 0) is 0 Å². The molecule has 0 aliphatic carbocycles. The average Bonchev–Trinajstić information content (AvgIpc) is 3.24. The van der Waals surface area contributed by atoms with Gasteiger partial charge in [0.25, 0.3) is 0 Å². The number of nitrogens with zero attached hydrogens (tertiary/aromatic N) is 5. The Bertz CT molecular complexity index is 1040. The molecule has 4 heterocycles. The highest BCUT2D eigenvalue weighted by atomic mass is 32.1. The third-order valence-corrected chi connectivity index (χ3v) is 6.87. The lowest BCUT2D eigenvalue weighted by atomic mass is 10.1. The van der Waals surface area contributed by atoms with E-state index in [9.17, 15) is 9.18 Å². The molecule has 2 amide bonds. The molecule has 8 heteroatoms. The fraction of sp³-hybridized carbons (Fsp3) is 0.409. The Labute approximate surface area is 178 Å². The van der Waals surface area contributed by atoms with E-state index in [1.54, 1.807) is 29.8 Å². The van der Waals surface area contributed by atoms with Crippen LogP contribution in [0.1, 0.15) is 19.3 Å². The Morgan fingerprint density at radius 3 is 2.33 bits per heavy atom. The van der Waals surface area contributed by atoms with Crippen molar-refractivity contribution in [1.82, 2.24) is 19.8 Å². The number of piperidine rings is 1. The Kier molecular flexibility index (Phi) is 5.25.